The lowest BCUT2D eigenvalue weighted by atomic mass is 9.68. The number of rotatable bonds is 3. The number of thioether (sulfide) groups is 1. The summed E-state index contributed by atoms with van der Waals surface area (Å²) >= 11 is 1.75. The molecule has 2 aromatic rings. The molecule has 4 heteroatoms. The van der Waals surface area contributed by atoms with E-state index < -0.39 is 0 Å². The van der Waals surface area contributed by atoms with Gasteiger partial charge in [-0.25, -0.2) is 0 Å². The number of allylic oxidation sites excluding steroid dienone is 3. The Labute approximate surface area is 181 Å². The molecule has 152 valence electrons. The van der Waals surface area contributed by atoms with Gasteiger partial charge in [0.25, 0.3) is 0 Å². The highest BCUT2D eigenvalue weighted by Crippen LogP contribution is 2.54. The van der Waals surface area contributed by atoms with Crippen LogP contribution in [-0.2, 0) is 4.79 Å². The third kappa shape index (κ3) is 3.14. The van der Waals surface area contributed by atoms with Crippen LogP contribution in [0.5, 0.6) is 0 Å². The lowest BCUT2D eigenvalue weighted by Gasteiger charge is -2.43. The average molecular weight is 416 g/mol. The van der Waals surface area contributed by atoms with E-state index in [-0.39, 0.29) is 22.9 Å². The van der Waals surface area contributed by atoms with Gasteiger partial charge >= 0.3 is 0 Å². The number of Topliss-reactive ketones (excluding diaryl/α,β-unsaturated/α-hetero) is 2. The van der Waals surface area contributed by atoms with E-state index in [2.05, 4.69) is 30.9 Å². The third-order valence-corrected chi connectivity index (χ3v) is 7.34. The minimum absolute atomic E-state index is 0.0306. The molecule has 3 aliphatic rings. The molecule has 1 fully saturated rings. The maximum Gasteiger partial charge on any atom is 0.192 e. The molecular weight excluding hydrogens is 390 g/mol. The van der Waals surface area contributed by atoms with Crippen molar-refractivity contribution in [2.75, 3.05) is 12.3 Å². The van der Waals surface area contributed by atoms with Crippen LogP contribution in [0.25, 0.3) is 0 Å². The van der Waals surface area contributed by atoms with Crippen molar-refractivity contribution in [3.05, 3.63) is 93.7 Å². The fourth-order valence-corrected chi connectivity index (χ4v) is 6.17. The Morgan fingerprint density at radius 2 is 1.67 bits per heavy atom. The summed E-state index contributed by atoms with van der Waals surface area (Å²) in [6, 6.07) is 19.5. The normalized spacial score (nSPS) is 22.8. The van der Waals surface area contributed by atoms with Crippen molar-refractivity contribution in [2.45, 2.75) is 32.6 Å². The Balaban J connectivity index is 1.75. The van der Waals surface area contributed by atoms with Gasteiger partial charge in [0, 0.05) is 47.0 Å². The fourth-order valence-electron chi connectivity index (χ4n) is 4.98. The zero-order chi connectivity index (χ0) is 20.9. The highest BCUT2D eigenvalue weighted by Gasteiger charge is 2.47. The molecule has 1 aliphatic carbocycles. The number of fused-ring (bicyclic) bond motifs is 2. The van der Waals surface area contributed by atoms with Crippen molar-refractivity contribution >= 4 is 23.3 Å². The van der Waals surface area contributed by atoms with E-state index in [1.54, 1.807) is 11.8 Å². The standard InChI is InChI=1S/C26H25NO2S/c1-26(2)15-19-22(20(28)16-26)21(17-9-5-3-6-10-17)23(25-27(19)13-14-30-25)24(29)18-11-7-4-8-12-18/h3-12,21H,13-16H2,1-2H3. The van der Waals surface area contributed by atoms with Crippen LogP contribution < -0.4 is 0 Å². The van der Waals surface area contributed by atoms with Crippen molar-refractivity contribution < 1.29 is 9.59 Å². The van der Waals surface area contributed by atoms with Crippen LogP contribution in [-0.4, -0.2) is 28.8 Å². The van der Waals surface area contributed by atoms with Crippen molar-refractivity contribution in [3.8, 4) is 0 Å². The molecule has 0 spiro atoms. The van der Waals surface area contributed by atoms with E-state index in [0.29, 0.717) is 12.0 Å². The molecule has 3 nitrogen and oxygen atoms in total. The number of carbonyl (C=O) groups is 2. The molecule has 2 heterocycles. The Morgan fingerprint density at radius 1 is 1.00 bits per heavy atom. The maximum atomic E-state index is 13.8. The highest BCUT2D eigenvalue weighted by atomic mass is 32.2. The molecule has 0 saturated carbocycles. The molecule has 30 heavy (non-hydrogen) atoms. The molecule has 2 aromatic carbocycles. The molecule has 1 unspecified atom stereocenters. The Kier molecular flexibility index (Phi) is 4.70. The molecule has 0 aromatic heterocycles. The average Bonchev–Trinajstić information content (AvgIpc) is 3.23. The van der Waals surface area contributed by atoms with Gasteiger partial charge in [0.05, 0.1) is 5.03 Å². The summed E-state index contributed by atoms with van der Waals surface area (Å²) in [4.78, 5) is 29.6. The van der Waals surface area contributed by atoms with Gasteiger partial charge in [-0.15, -0.1) is 11.8 Å². The lowest BCUT2D eigenvalue weighted by molar-refractivity contribution is -0.118. The summed E-state index contributed by atoms with van der Waals surface area (Å²) in [7, 11) is 0. The second-order valence-electron chi connectivity index (χ2n) is 9.06. The Morgan fingerprint density at radius 3 is 2.37 bits per heavy atom. The van der Waals surface area contributed by atoms with E-state index in [1.807, 2.05) is 48.5 Å². The minimum Gasteiger partial charge on any atom is -0.338 e. The van der Waals surface area contributed by atoms with Crippen molar-refractivity contribution in [3.63, 3.8) is 0 Å². The van der Waals surface area contributed by atoms with E-state index in [9.17, 15) is 9.59 Å². The number of benzene rings is 2. The van der Waals surface area contributed by atoms with Gasteiger partial charge in [-0.1, -0.05) is 74.5 Å². The van der Waals surface area contributed by atoms with Crippen molar-refractivity contribution in [1.29, 1.82) is 0 Å². The zero-order valence-electron chi connectivity index (χ0n) is 17.4. The molecular formula is C26H25NO2S. The van der Waals surface area contributed by atoms with Gasteiger partial charge in [0.2, 0.25) is 0 Å². The number of hydrogen-bond acceptors (Lipinski definition) is 4. The van der Waals surface area contributed by atoms with E-state index in [4.69, 9.17) is 0 Å². The first-order valence-electron chi connectivity index (χ1n) is 10.5. The first kappa shape index (κ1) is 19.4. The van der Waals surface area contributed by atoms with Crippen LogP contribution in [0.1, 0.15) is 48.5 Å². The van der Waals surface area contributed by atoms with Gasteiger partial charge in [-0.3, -0.25) is 9.59 Å². The summed E-state index contributed by atoms with van der Waals surface area (Å²) < 4.78 is 0. The van der Waals surface area contributed by atoms with Gasteiger partial charge in [-0.05, 0) is 17.4 Å². The van der Waals surface area contributed by atoms with Crippen LogP contribution in [0.15, 0.2) is 82.5 Å². The van der Waals surface area contributed by atoms with Crippen LogP contribution in [0.2, 0.25) is 0 Å². The molecule has 5 rings (SSSR count). The molecule has 2 aliphatic heterocycles. The zero-order valence-corrected chi connectivity index (χ0v) is 18.2. The number of nitrogens with zero attached hydrogens (tertiary/aromatic N) is 1. The summed E-state index contributed by atoms with van der Waals surface area (Å²) in [5.74, 6) is 0.857. The third-order valence-electron chi connectivity index (χ3n) is 6.24. The first-order valence-corrected chi connectivity index (χ1v) is 11.5. The van der Waals surface area contributed by atoms with Gasteiger partial charge in [0.15, 0.2) is 11.6 Å². The minimum atomic E-state index is -0.297. The molecule has 1 saturated heterocycles. The predicted octanol–water partition coefficient (Wildman–Crippen LogP) is 5.57. The molecule has 1 atom stereocenters. The summed E-state index contributed by atoms with van der Waals surface area (Å²) in [5.41, 5.74) is 4.39. The van der Waals surface area contributed by atoms with Gasteiger partial charge in [-0.2, -0.15) is 0 Å². The van der Waals surface area contributed by atoms with Crippen LogP contribution in [0, 0.1) is 5.41 Å². The smallest absolute Gasteiger partial charge is 0.192 e. The summed E-state index contributed by atoms with van der Waals surface area (Å²) in [6.45, 7) is 5.20. The quantitative estimate of drug-likeness (QED) is 0.614. The highest BCUT2D eigenvalue weighted by molar-refractivity contribution is 8.03. The second kappa shape index (κ2) is 7.28. The van der Waals surface area contributed by atoms with Crippen LogP contribution in [0.3, 0.4) is 0 Å². The summed E-state index contributed by atoms with van der Waals surface area (Å²) in [6.07, 6.45) is 1.40. The van der Waals surface area contributed by atoms with Crippen LogP contribution >= 0.6 is 11.8 Å². The topological polar surface area (TPSA) is 37.4 Å². The lowest BCUT2D eigenvalue weighted by Crippen LogP contribution is -2.39. The van der Waals surface area contributed by atoms with Gasteiger partial charge in [0.1, 0.15) is 0 Å². The monoisotopic (exact) mass is 415 g/mol. The predicted molar refractivity (Wildman–Crippen MR) is 121 cm³/mol. The van der Waals surface area contributed by atoms with Crippen LogP contribution in [0.4, 0.5) is 0 Å². The molecule has 0 radical (unpaired) electrons. The largest absolute Gasteiger partial charge is 0.338 e. The van der Waals surface area contributed by atoms with Crippen molar-refractivity contribution in [2.24, 2.45) is 5.41 Å². The molecule has 0 bridgehead atoms. The van der Waals surface area contributed by atoms with E-state index >= 15 is 0 Å². The molecule has 0 amide bonds. The fraction of sp³-hybridized carbons (Fsp3) is 0.308. The first-order chi connectivity index (χ1) is 14.5. The van der Waals surface area contributed by atoms with Gasteiger partial charge < -0.3 is 4.90 Å². The Hall–Kier alpha value is -2.59. The Bertz CT molecular complexity index is 1080. The summed E-state index contributed by atoms with van der Waals surface area (Å²) in [5, 5.41) is 1.04. The number of ketones is 2. The SMILES string of the molecule is CC1(C)CC(=O)C2=C(C1)N1CCSC1=C(C(=O)c1ccccc1)C2c1ccccc1. The maximum absolute atomic E-state index is 13.8. The van der Waals surface area contributed by atoms with E-state index in [0.717, 1.165) is 46.2 Å². The van der Waals surface area contributed by atoms with E-state index in [1.165, 1.54) is 0 Å². The number of hydrogen-bond donors (Lipinski definition) is 0. The second-order valence-corrected chi connectivity index (χ2v) is 10.1. The number of carbonyl (C=O) groups excluding carboxylic acids is 2. The van der Waals surface area contributed by atoms with Crippen molar-refractivity contribution in [1.82, 2.24) is 4.90 Å². The molecule has 0 N–H and O–H groups in total.